The van der Waals surface area contributed by atoms with Gasteiger partial charge in [0.05, 0.1) is 5.52 Å². The summed E-state index contributed by atoms with van der Waals surface area (Å²) in [6.07, 6.45) is 6.69. The molecule has 0 spiro atoms. The van der Waals surface area contributed by atoms with E-state index in [1.807, 2.05) is 6.07 Å². The maximum atomic E-state index is 13.8. The number of hydrogen-bond acceptors (Lipinski definition) is 2. The van der Waals surface area contributed by atoms with Crippen LogP contribution in [0.1, 0.15) is 24.8 Å². The van der Waals surface area contributed by atoms with Crippen molar-refractivity contribution in [3.63, 3.8) is 0 Å². The van der Waals surface area contributed by atoms with E-state index in [4.69, 9.17) is 4.74 Å². The lowest BCUT2D eigenvalue weighted by Crippen LogP contribution is -2.40. The third-order valence-electron chi connectivity index (χ3n) is 5.62. The van der Waals surface area contributed by atoms with Gasteiger partial charge in [0.1, 0.15) is 5.82 Å². The highest BCUT2D eigenvalue weighted by Crippen LogP contribution is 2.29. The SMILES string of the molecule is CN(CCC1CCOCC1)[C@H]1Cc2cc(F)cc3ccn(c23)C1. The molecule has 0 aliphatic carbocycles. The van der Waals surface area contributed by atoms with Crippen LogP contribution in [0.15, 0.2) is 24.4 Å². The first-order chi connectivity index (χ1) is 11.2. The zero-order valence-electron chi connectivity index (χ0n) is 13.8. The number of halogens is 1. The molecule has 3 nitrogen and oxygen atoms in total. The van der Waals surface area contributed by atoms with Gasteiger partial charge in [0.25, 0.3) is 0 Å². The third kappa shape index (κ3) is 3.02. The lowest BCUT2D eigenvalue weighted by molar-refractivity contribution is 0.0589. The Morgan fingerprint density at radius 1 is 1.30 bits per heavy atom. The normalized spacial score (nSPS) is 22.1. The van der Waals surface area contributed by atoms with E-state index in [-0.39, 0.29) is 5.82 Å². The Kier molecular flexibility index (Phi) is 4.12. The second kappa shape index (κ2) is 6.25. The fourth-order valence-corrected chi connectivity index (χ4v) is 4.15. The van der Waals surface area contributed by atoms with Gasteiger partial charge in [0, 0.05) is 37.4 Å². The summed E-state index contributed by atoms with van der Waals surface area (Å²) in [4.78, 5) is 2.47. The monoisotopic (exact) mass is 316 g/mol. The Bertz CT molecular complexity index is 690. The number of ether oxygens (including phenoxy) is 1. The van der Waals surface area contributed by atoms with E-state index in [1.54, 1.807) is 12.1 Å². The Morgan fingerprint density at radius 3 is 2.96 bits per heavy atom. The van der Waals surface area contributed by atoms with E-state index >= 15 is 0 Å². The van der Waals surface area contributed by atoms with E-state index in [1.165, 1.54) is 24.8 Å². The Balaban J connectivity index is 1.44. The molecule has 2 aliphatic rings. The Morgan fingerprint density at radius 2 is 2.13 bits per heavy atom. The molecule has 124 valence electrons. The highest BCUT2D eigenvalue weighted by molar-refractivity contribution is 5.84. The van der Waals surface area contributed by atoms with E-state index in [2.05, 4.69) is 22.7 Å². The Hall–Kier alpha value is -1.39. The van der Waals surface area contributed by atoms with Crippen molar-refractivity contribution < 1.29 is 9.13 Å². The standard InChI is InChI=1S/C19H25FN2O/c1-21(6-2-14-4-8-23-9-5-14)18-12-16-11-17(20)10-15-3-7-22(13-18)19(15)16/h3,7,10-11,14,18H,2,4-6,8-9,12-13H2,1H3/t18-/m0/s1. The van der Waals surface area contributed by atoms with Crippen LogP contribution in [0.3, 0.4) is 0 Å². The summed E-state index contributed by atoms with van der Waals surface area (Å²) < 4.78 is 21.5. The highest BCUT2D eigenvalue weighted by atomic mass is 19.1. The van der Waals surface area contributed by atoms with Crippen LogP contribution in [-0.4, -0.2) is 42.3 Å². The number of aromatic nitrogens is 1. The van der Waals surface area contributed by atoms with Crippen LogP contribution in [-0.2, 0) is 17.7 Å². The molecule has 23 heavy (non-hydrogen) atoms. The molecule has 1 saturated heterocycles. The number of hydrogen-bond donors (Lipinski definition) is 0. The van der Waals surface area contributed by atoms with Crippen LogP contribution in [0.4, 0.5) is 4.39 Å². The fourth-order valence-electron chi connectivity index (χ4n) is 4.15. The molecule has 4 heteroatoms. The maximum absolute atomic E-state index is 13.8. The summed E-state index contributed by atoms with van der Waals surface area (Å²) >= 11 is 0. The smallest absolute Gasteiger partial charge is 0.124 e. The van der Waals surface area contributed by atoms with E-state index in [0.717, 1.165) is 49.6 Å². The molecule has 1 atom stereocenters. The quantitative estimate of drug-likeness (QED) is 0.859. The number of likely N-dealkylation sites (N-methyl/N-ethyl adjacent to an activating group) is 1. The molecule has 0 bridgehead atoms. The van der Waals surface area contributed by atoms with Crippen molar-refractivity contribution in [3.8, 4) is 0 Å². The van der Waals surface area contributed by atoms with Crippen molar-refractivity contribution in [3.05, 3.63) is 35.8 Å². The predicted molar refractivity (Wildman–Crippen MR) is 90.2 cm³/mol. The predicted octanol–water partition coefficient (Wildman–Crippen LogP) is 3.45. The van der Waals surface area contributed by atoms with Gasteiger partial charge in [-0.3, -0.25) is 0 Å². The maximum Gasteiger partial charge on any atom is 0.124 e. The van der Waals surface area contributed by atoms with Crippen molar-refractivity contribution in [2.24, 2.45) is 5.92 Å². The largest absolute Gasteiger partial charge is 0.381 e. The first kappa shape index (κ1) is 15.2. The lowest BCUT2D eigenvalue weighted by atomic mass is 9.95. The average molecular weight is 316 g/mol. The minimum Gasteiger partial charge on any atom is -0.381 e. The summed E-state index contributed by atoms with van der Waals surface area (Å²) in [5, 5.41) is 1.03. The number of benzene rings is 1. The van der Waals surface area contributed by atoms with Crippen molar-refractivity contribution in [1.29, 1.82) is 0 Å². The van der Waals surface area contributed by atoms with Gasteiger partial charge >= 0.3 is 0 Å². The average Bonchev–Trinajstić information content (AvgIpc) is 2.97. The minimum absolute atomic E-state index is 0.115. The molecule has 3 heterocycles. The van der Waals surface area contributed by atoms with Gasteiger partial charge in [-0.05, 0) is 69.0 Å². The Labute approximate surface area is 137 Å². The molecule has 2 aromatic rings. The van der Waals surface area contributed by atoms with Crippen LogP contribution in [0.2, 0.25) is 0 Å². The number of nitrogens with zero attached hydrogens (tertiary/aromatic N) is 2. The first-order valence-electron chi connectivity index (χ1n) is 8.76. The van der Waals surface area contributed by atoms with Crippen molar-refractivity contribution >= 4 is 10.9 Å². The van der Waals surface area contributed by atoms with Crippen LogP contribution in [0.25, 0.3) is 10.9 Å². The topological polar surface area (TPSA) is 17.4 Å². The zero-order chi connectivity index (χ0) is 15.8. The molecular formula is C19H25FN2O. The van der Waals surface area contributed by atoms with Gasteiger partial charge in [-0.1, -0.05) is 0 Å². The summed E-state index contributed by atoms with van der Waals surface area (Å²) in [7, 11) is 2.22. The molecule has 0 amide bonds. The summed E-state index contributed by atoms with van der Waals surface area (Å²) in [5.41, 5.74) is 2.37. The third-order valence-corrected chi connectivity index (χ3v) is 5.62. The van der Waals surface area contributed by atoms with Crippen LogP contribution >= 0.6 is 0 Å². The molecular weight excluding hydrogens is 291 g/mol. The molecule has 0 unspecified atom stereocenters. The molecule has 4 rings (SSSR count). The second-order valence-electron chi connectivity index (χ2n) is 7.15. The van der Waals surface area contributed by atoms with Crippen LogP contribution in [0.5, 0.6) is 0 Å². The van der Waals surface area contributed by atoms with Gasteiger partial charge < -0.3 is 14.2 Å². The summed E-state index contributed by atoms with van der Waals surface area (Å²) in [5.74, 6) is 0.688. The fraction of sp³-hybridized carbons (Fsp3) is 0.579. The minimum atomic E-state index is -0.115. The van der Waals surface area contributed by atoms with Crippen molar-refractivity contribution in [1.82, 2.24) is 9.47 Å². The number of rotatable bonds is 4. The van der Waals surface area contributed by atoms with Gasteiger partial charge in [0.2, 0.25) is 0 Å². The molecule has 1 fully saturated rings. The van der Waals surface area contributed by atoms with Gasteiger partial charge in [-0.25, -0.2) is 4.39 Å². The van der Waals surface area contributed by atoms with E-state index in [0.29, 0.717) is 6.04 Å². The van der Waals surface area contributed by atoms with Gasteiger partial charge in [0.15, 0.2) is 0 Å². The zero-order valence-corrected chi connectivity index (χ0v) is 13.8. The van der Waals surface area contributed by atoms with Gasteiger partial charge in [-0.2, -0.15) is 0 Å². The molecule has 0 N–H and O–H groups in total. The van der Waals surface area contributed by atoms with E-state index < -0.39 is 0 Å². The van der Waals surface area contributed by atoms with Crippen molar-refractivity contribution in [2.75, 3.05) is 26.8 Å². The van der Waals surface area contributed by atoms with Crippen LogP contribution in [0, 0.1) is 11.7 Å². The summed E-state index contributed by atoms with van der Waals surface area (Å²) in [6.45, 7) is 3.97. The summed E-state index contributed by atoms with van der Waals surface area (Å²) in [6, 6.07) is 5.86. The van der Waals surface area contributed by atoms with Gasteiger partial charge in [-0.15, -0.1) is 0 Å². The highest BCUT2D eigenvalue weighted by Gasteiger charge is 2.25. The first-order valence-corrected chi connectivity index (χ1v) is 8.76. The van der Waals surface area contributed by atoms with Crippen LogP contribution < -0.4 is 0 Å². The lowest BCUT2D eigenvalue weighted by Gasteiger charge is -2.34. The molecule has 0 saturated carbocycles. The molecule has 1 aromatic heterocycles. The molecule has 1 aromatic carbocycles. The molecule has 2 aliphatic heterocycles. The van der Waals surface area contributed by atoms with E-state index in [9.17, 15) is 4.39 Å². The molecule has 0 radical (unpaired) electrons. The van der Waals surface area contributed by atoms with Crippen molar-refractivity contribution in [2.45, 2.75) is 38.3 Å². The second-order valence-corrected chi connectivity index (χ2v) is 7.15.